The van der Waals surface area contributed by atoms with Gasteiger partial charge in [0.2, 0.25) is 0 Å². The minimum absolute atomic E-state index is 0.0319. The highest BCUT2D eigenvalue weighted by molar-refractivity contribution is 7.98. The Labute approximate surface area is 187 Å². The van der Waals surface area contributed by atoms with Crippen LogP contribution in [0.3, 0.4) is 0 Å². The van der Waals surface area contributed by atoms with Crippen LogP contribution in [0.5, 0.6) is 5.75 Å². The molecule has 0 atom stereocenters. The van der Waals surface area contributed by atoms with Crippen LogP contribution in [0.15, 0.2) is 65.5 Å². The molecule has 0 radical (unpaired) electrons. The fraction of sp³-hybridized carbons (Fsp3) is 0.333. The quantitative estimate of drug-likeness (QED) is 0.501. The number of anilines is 1. The van der Waals surface area contributed by atoms with Gasteiger partial charge in [-0.2, -0.15) is 11.8 Å². The van der Waals surface area contributed by atoms with E-state index in [1.807, 2.05) is 42.6 Å². The van der Waals surface area contributed by atoms with Gasteiger partial charge in [0.25, 0.3) is 0 Å². The maximum atomic E-state index is 12.2. The van der Waals surface area contributed by atoms with Gasteiger partial charge in [0.1, 0.15) is 11.5 Å². The second-order valence-corrected chi connectivity index (χ2v) is 9.33. The number of benzene rings is 1. The summed E-state index contributed by atoms with van der Waals surface area (Å²) in [5, 5.41) is 2.81. The third kappa shape index (κ3) is 5.41. The number of amides is 1. The smallest absolute Gasteiger partial charge is 0.412 e. The summed E-state index contributed by atoms with van der Waals surface area (Å²) >= 11 is 1.70. The Morgan fingerprint density at radius 1 is 1.29 bits per heavy atom. The summed E-state index contributed by atoms with van der Waals surface area (Å²) in [6, 6.07) is 13.8. The van der Waals surface area contributed by atoms with Crippen LogP contribution in [-0.2, 0) is 17.7 Å². The van der Waals surface area contributed by atoms with Gasteiger partial charge in [0, 0.05) is 48.9 Å². The van der Waals surface area contributed by atoms with E-state index < -0.39 is 6.09 Å². The average molecular weight is 438 g/mol. The molecule has 0 fully saturated rings. The lowest BCUT2D eigenvalue weighted by Crippen LogP contribution is -2.29. The number of carbonyl (C=O) groups is 1. The van der Waals surface area contributed by atoms with Crippen molar-refractivity contribution < 1.29 is 13.9 Å². The highest BCUT2D eigenvalue weighted by atomic mass is 32.2. The molecule has 162 valence electrons. The molecule has 3 aromatic rings. The van der Waals surface area contributed by atoms with E-state index in [1.54, 1.807) is 24.2 Å². The summed E-state index contributed by atoms with van der Waals surface area (Å²) in [4.78, 5) is 18.8. The van der Waals surface area contributed by atoms with Gasteiger partial charge < -0.3 is 19.4 Å². The number of thioether (sulfide) groups is 1. The topological polar surface area (TPSA) is 67.6 Å². The van der Waals surface area contributed by atoms with Gasteiger partial charge in [-0.1, -0.05) is 19.9 Å². The molecule has 1 amide bonds. The van der Waals surface area contributed by atoms with E-state index in [4.69, 9.17) is 9.15 Å². The Bertz CT molecular complexity index is 1010. The van der Waals surface area contributed by atoms with Gasteiger partial charge in [-0.15, -0.1) is 0 Å². The van der Waals surface area contributed by atoms with Gasteiger partial charge in [0.15, 0.2) is 0 Å². The molecule has 1 aliphatic heterocycles. The lowest BCUT2D eigenvalue weighted by atomic mass is 9.87. The van der Waals surface area contributed by atoms with Crippen molar-refractivity contribution in [3.63, 3.8) is 0 Å². The second-order valence-electron chi connectivity index (χ2n) is 8.23. The first-order valence-corrected chi connectivity index (χ1v) is 11.5. The molecule has 4 rings (SSSR count). The predicted octanol–water partition coefficient (Wildman–Crippen LogP) is 4.99. The van der Waals surface area contributed by atoms with E-state index in [0.717, 1.165) is 30.4 Å². The zero-order valence-electron chi connectivity index (χ0n) is 17.8. The number of hydrogen-bond donors (Lipinski definition) is 1. The third-order valence-corrected chi connectivity index (χ3v) is 6.25. The van der Waals surface area contributed by atoms with Crippen molar-refractivity contribution in [2.45, 2.75) is 31.6 Å². The summed E-state index contributed by atoms with van der Waals surface area (Å²) in [6.45, 7) is 6.68. The van der Waals surface area contributed by atoms with Gasteiger partial charge in [0.05, 0.1) is 12.0 Å². The van der Waals surface area contributed by atoms with E-state index in [0.29, 0.717) is 12.3 Å². The molecule has 1 aromatic carbocycles. The first-order chi connectivity index (χ1) is 15.0. The van der Waals surface area contributed by atoms with Crippen molar-refractivity contribution in [2.75, 3.05) is 23.7 Å². The summed E-state index contributed by atoms with van der Waals surface area (Å²) in [5.74, 6) is 3.08. The van der Waals surface area contributed by atoms with Crippen molar-refractivity contribution in [1.82, 2.24) is 10.3 Å². The summed E-state index contributed by atoms with van der Waals surface area (Å²) in [7, 11) is 0. The lowest BCUT2D eigenvalue weighted by Gasteiger charge is -2.22. The fourth-order valence-corrected chi connectivity index (χ4v) is 4.59. The Balaban J connectivity index is 1.31. The number of carbonyl (C=O) groups excluding carboxylic acids is 1. The highest BCUT2D eigenvalue weighted by Gasteiger charge is 2.35. The number of pyridine rings is 1. The minimum Gasteiger partial charge on any atom is -0.468 e. The summed E-state index contributed by atoms with van der Waals surface area (Å²) in [5.41, 5.74) is 3.51. The SMILES string of the molecule is CC1(C)CN(Cc2cccnc2)c2ccc(OC(=O)NCCSCc3ccco3)cc21. The first kappa shape index (κ1) is 21.3. The molecule has 7 heteroatoms. The van der Waals surface area contributed by atoms with Crippen molar-refractivity contribution in [1.29, 1.82) is 0 Å². The highest BCUT2D eigenvalue weighted by Crippen LogP contribution is 2.42. The molecule has 6 nitrogen and oxygen atoms in total. The van der Waals surface area contributed by atoms with E-state index in [2.05, 4.69) is 35.1 Å². The molecule has 2 aromatic heterocycles. The fourth-order valence-electron chi connectivity index (χ4n) is 3.83. The summed E-state index contributed by atoms with van der Waals surface area (Å²) < 4.78 is 10.8. The van der Waals surface area contributed by atoms with Gasteiger partial charge in [-0.05, 0) is 47.5 Å². The maximum absolute atomic E-state index is 12.2. The van der Waals surface area contributed by atoms with Crippen LogP contribution in [0, 0.1) is 0 Å². The van der Waals surface area contributed by atoms with E-state index in [1.165, 1.54) is 16.8 Å². The van der Waals surface area contributed by atoms with E-state index in [9.17, 15) is 4.79 Å². The standard InChI is InChI=1S/C24H27N3O3S/c1-24(2)17-27(15-18-5-3-9-25-14-18)22-8-7-19(13-21(22)24)30-23(28)26-10-12-31-16-20-6-4-11-29-20/h3-9,11,13-14H,10,12,15-17H2,1-2H3,(H,26,28). The Hall–Kier alpha value is -2.93. The molecular weight excluding hydrogens is 410 g/mol. The number of nitrogens with zero attached hydrogens (tertiary/aromatic N) is 2. The zero-order chi connectivity index (χ0) is 21.7. The van der Waals surface area contributed by atoms with Crippen LogP contribution in [0.1, 0.15) is 30.7 Å². The third-order valence-electron chi connectivity index (χ3n) is 5.27. The number of aromatic nitrogens is 1. The number of ether oxygens (including phenoxy) is 1. The molecule has 1 aliphatic rings. The molecule has 0 unspecified atom stereocenters. The molecule has 31 heavy (non-hydrogen) atoms. The average Bonchev–Trinajstić information content (AvgIpc) is 3.35. The predicted molar refractivity (Wildman–Crippen MR) is 124 cm³/mol. The van der Waals surface area contributed by atoms with Crippen molar-refractivity contribution in [2.24, 2.45) is 0 Å². The van der Waals surface area contributed by atoms with Crippen LogP contribution < -0.4 is 15.0 Å². The van der Waals surface area contributed by atoms with Crippen LogP contribution in [0.4, 0.5) is 10.5 Å². The normalized spacial score (nSPS) is 14.3. The molecular formula is C24H27N3O3S. The largest absolute Gasteiger partial charge is 0.468 e. The number of fused-ring (bicyclic) bond motifs is 1. The molecule has 0 bridgehead atoms. The molecule has 1 N–H and O–H groups in total. The van der Waals surface area contributed by atoms with Gasteiger partial charge in [-0.3, -0.25) is 4.98 Å². The second kappa shape index (κ2) is 9.47. The van der Waals surface area contributed by atoms with Gasteiger partial charge in [-0.25, -0.2) is 4.79 Å². The molecule has 0 spiro atoms. The maximum Gasteiger partial charge on any atom is 0.412 e. The first-order valence-electron chi connectivity index (χ1n) is 10.4. The molecule has 0 aliphatic carbocycles. The Morgan fingerprint density at radius 3 is 2.97 bits per heavy atom. The molecule has 3 heterocycles. The number of nitrogens with one attached hydrogen (secondary N) is 1. The van der Waals surface area contributed by atoms with E-state index >= 15 is 0 Å². The zero-order valence-corrected chi connectivity index (χ0v) is 18.7. The lowest BCUT2D eigenvalue weighted by molar-refractivity contribution is 0.201. The van der Waals surface area contributed by atoms with Crippen molar-refractivity contribution >= 4 is 23.5 Å². The Morgan fingerprint density at radius 2 is 2.19 bits per heavy atom. The van der Waals surface area contributed by atoms with Crippen LogP contribution >= 0.6 is 11.8 Å². The molecule has 0 saturated heterocycles. The summed E-state index contributed by atoms with van der Waals surface area (Å²) in [6.07, 6.45) is 4.93. The number of rotatable bonds is 8. The number of furan rings is 1. The minimum atomic E-state index is -0.429. The van der Waals surface area contributed by atoms with Crippen LogP contribution in [0.25, 0.3) is 0 Å². The monoisotopic (exact) mass is 437 g/mol. The van der Waals surface area contributed by atoms with Gasteiger partial charge >= 0.3 is 6.09 Å². The Kier molecular flexibility index (Phi) is 6.51. The van der Waals surface area contributed by atoms with Crippen LogP contribution in [-0.4, -0.2) is 29.9 Å². The van der Waals surface area contributed by atoms with Crippen molar-refractivity contribution in [3.05, 3.63) is 78.0 Å². The van der Waals surface area contributed by atoms with Crippen molar-refractivity contribution in [3.8, 4) is 5.75 Å². The number of hydrogen-bond acceptors (Lipinski definition) is 6. The van der Waals surface area contributed by atoms with Crippen LogP contribution in [0.2, 0.25) is 0 Å². The van der Waals surface area contributed by atoms with E-state index in [-0.39, 0.29) is 5.41 Å². The molecule has 0 saturated carbocycles.